The molecule has 0 aliphatic carbocycles. The van der Waals surface area contributed by atoms with Crippen molar-refractivity contribution < 1.29 is 47.6 Å². The molecule has 0 amide bonds. The SMILES string of the molecule is CCCCCCCCC=CCCCCCCCCOCC(COC(=O)CCCCCCCCCCCCCCCCC)OC(=O)CCCCCCCC=CCCCCCCCC(=O)OC(COCCCCCCCCCCCCCCCCCC)COC(=O)CCCCCCCC=CCCCCCCCC. The fraction of sp³-hybridized carbons (Fsp3) is 0.896. The first-order chi connectivity index (χ1) is 52.4. The van der Waals surface area contributed by atoms with Crippen molar-refractivity contribution in [2.45, 2.75) is 515 Å². The van der Waals surface area contributed by atoms with Gasteiger partial charge in [0, 0.05) is 38.9 Å². The summed E-state index contributed by atoms with van der Waals surface area (Å²) >= 11 is 0. The van der Waals surface area contributed by atoms with Crippen molar-refractivity contribution in [3.05, 3.63) is 36.5 Å². The van der Waals surface area contributed by atoms with Crippen molar-refractivity contribution in [3.63, 3.8) is 0 Å². The summed E-state index contributed by atoms with van der Waals surface area (Å²) in [6.45, 7) is 11.0. The summed E-state index contributed by atoms with van der Waals surface area (Å²) in [6.07, 6.45) is 101. The molecule has 10 nitrogen and oxygen atoms in total. The van der Waals surface area contributed by atoms with E-state index in [2.05, 4.69) is 64.2 Å². The van der Waals surface area contributed by atoms with Gasteiger partial charge in [0.2, 0.25) is 0 Å². The van der Waals surface area contributed by atoms with Crippen LogP contribution in [0.15, 0.2) is 36.5 Å². The molecule has 0 N–H and O–H groups in total. The molecule has 2 atom stereocenters. The minimum Gasteiger partial charge on any atom is -0.462 e. The van der Waals surface area contributed by atoms with Crippen molar-refractivity contribution in [2.24, 2.45) is 0 Å². The van der Waals surface area contributed by atoms with Gasteiger partial charge in [-0.1, -0.05) is 398 Å². The van der Waals surface area contributed by atoms with Gasteiger partial charge in [0.05, 0.1) is 13.2 Å². The van der Waals surface area contributed by atoms with E-state index in [9.17, 15) is 19.2 Å². The Morgan fingerprint density at radius 1 is 0.198 bits per heavy atom. The fourth-order valence-corrected chi connectivity index (χ4v) is 14.2. The van der Waals surface area contributed by atoms with E-state index in [-0.39, 0.29) is 50.3 Å². The Balaban J connectivity index is 4.62. The Morgan fingerprint density at radius 3 is 0.575 bits per heavy atom. The Bertz CT molecular complexity index is 1830. The van der Waals surface area contributed by atoms with Gasteiger partial charge in [-0.2, -0.15) is 0 Å². The Morgan fingerprint density at radius 2 is 0.368 bits per heavy atom. The third-order valence-corrected chi connectivity index (χ3v) is 21.3. The molecule has 2 unspecified atom stereocenters. The zero-order valence-electron chi connectivity index (χ0n) is 71.3. The number of hydrogen-bond donors (Lipinski definition) is 0. The lowest BCUT2D eigenvalue weighted by atomic mass is 10.0. The van der Waals surface area contributed by atoms with Crippen LogP contribution >= 0.6 is 0 Å². The standard InChI is InChI=1S/C96H180O10/c1-5-9-13-17-21-25-29-33-37-43-49-55-61-67-73-79-85-101-87-91(89-103-93(97)81-75-69-63-57-51-45-39-35-31-27-23-19-15-11-7-3)105-95(99)83-77-71-65-59-53-47-41-42-48-54-60-66-72-78-84-96(100)106-92(88-102-86-80-74-68-62-56-50-44-38-34-30-26-22-18-14-10-6-2)90-104-94(98)82-76-70-64-58-52-46-40-36-32-28-24-20-16-12-8-4/h33,36-37,40-42,91-92H,5-32,34-35,38-39,43-90H2,1-4H3. The van der Waals surface area contributed by atoms with E-state index in [0.717, 1.165) is 141 Å². The Hall–Kier alpha value is -2.98. The smallest absolute Gasteiger partial charge is 0.306 e. The van der Waals surface area contributed by atoms with E-state index in [1.54, 1.807) is 0 Å². The molecule has 10 heteroatoms. The molecule has 0 bridgehead atoms. The van der Waals surface area contributed by atoms with E-state index in [4.69, 9.17) is 28.4 Å². The van der Waals surface area contributed by atoms with Crippen molar-refractivity contribution in [3.8, 4) is 0 Å². The zero-order chi connectivity index (χ0) is 76.5. The zero-order valence-corrected chi connectivity index (χ0v) is 71.3. The van der Waals surface area contributed by atoms with Gasteiger partial charge in [0.25, 0.3) is 0 Å². The second kappa shape index (κ2) is 90.9. The maximum Gasteiger partial charge on any atom is 0.306 e. The number of hydrogen-bond acceptors (Lipinski definition) is 10. The highest BCUT2D eigenvalue weighted by atomic mass is 16.6. The van der Waals surface area contributed by atoms with E-state index < -0.39 is 12.2 Å². The van der Waals surface area contributed by atoms with E-state index in [1.807, 2.05) is 0 Å². The summed E-state index contributed by atoms with van der Waals surface area (Å²) in [4.78, 5) is 51.8. The van der Waals surface area contributed by atoms with Gasteiger partial charge in [-0.25, -0.2) is 0 Å². The first-order valence-electron chi connectivity index (χ1n) is 47.2. The molecular formula is C96H180O10. The topological polar surface area (TPSA) is 124 Å². The molecule has 106 heavy (non-hydrogen) atoms. The van der Waals surface area contributed by atoms with Crippen LogP contribution in [0.5, 0.6) is 0 Å². The molecule has 0 aromatic heterocycles. The highest BCUT2D eigenvalue weighted by molar-refractivity contribution is 5.71. The van der Waals surface area contributed by atoms with E-state index in [1.165, 1.54) is 308 Å². The largest absolute Gasteiger partial charge is 0.462 e. The minimum atomic E-state index is -0.578. The number of carbonyl (C=O) groups is 4. The van der Waals surface area contributed by atoms with Gasteiger partial charge in [0.1, 0.15) is 13.2 Å². The maximum atomic E-state index is 13.1. The number of carbonyl (C=O) groups excluding carboxylic acids is 4. The van der Waals surface area contributed by atoms with E-state index >= 15 is 0 Å². The minimum absolute atomic E-state index is 0.0543. The molecule has 0 spiro atoms. The van der Waals surface area contributed by atoms with Crippen LogP contribution in [0.1, 0.15) is 503 Å². The quantitative estimate of drug-likeness (QED) is 0.0252. The van der Waals surface area contributed by atoms with Crippen molar-refractivity contribution in [1.82, 2.24) is 0 Å². The second-order valence-electron chi connectivity index (χ2n) is 32.1. The summed E-state index contributed by atoms with van der Waals surface area (Å²) in [5.41, 5.74) is 0. The summed E-state index contributed by atoms with van der Waals surface area (Å²) in [5, 5.41) is 0. The van der Waals surface area contributed by atoms with Crippen LogP contribution in [0.4, 0.5) is 0 Å². The molecule has 0 aliphatic rings. The van der Waals surface area contributed by atoms with Crippen LogP contribution in [0.25, 0.3) is 0 Å². The first kappa shape index (κ1) is 103. The van der Waals surface area contributed by atoms with Gasteiger partial charge in [-0.15, -0.1) is 0 Å². The molecule has 0 fully saturated rings. The van der Waals surface area contributed by atoms with Crippen molar-refractivity contribution in [2.75, 3.05) is 39.6 Å². The fourth-order valence-electron chi connectivity index (χ4n) is 14.2. The number of rotatable bonds is 90. The molecule has 624 valence electrons. The van der Waals surface area contributed by atoms with Crippen LogP contribution in [0, 0.1) is 0 Å². The summed E-state index contributed by atoms with van der Waals surface area (Å²) in [6, 6.07) is 0. The van der Waals surface area contributed by atoms with Gasteiger partial charge >= 0.3 is 23.9 Å². The average Bonchev–Trinajstić information content (AvgIpc) is 0.989. The molecule has 0 heterocycles. The summed E-state index contributed by atoms with van der Waals surface area (Å²) in [7, 11) is 0. The Kier molecular flexibility index (Phi) is 88.3. The lowest BCUT2D eigenvalue weighted by Crippen LogP contribution is -2.30. The lowest BCUT2D eigenvalue weighted by Gasteiger charge is -2.18. The second-order valence-corrected chi connectivity index (χ2v) is 32.1. The number of allylic oxidation sites excluding steroid dienone is 6. The van der Waals surface area contributed by atoms with Crippen LogP contribution in [0.2, 0.25) is 0 Å². The third kappa shape index (κ3) is 86.6. The van der Waals surface area contributed by atoms with Crippen LogP contribution < -0.4 is 0 Å². The first-order valence-corrected chi connectivity index (χ1v) is 47.2. The molecule has 0 aliphatic heterocycles. The number of ether oxygens (including phenoxy) is 6. The highest BCUT2D eigenvalue weighted by Crippen LogP contribution is 2.20. The molecule has 0 aromatic rings. The summed E-state index contributed by atoms with van der Waals surface area (Å²) in [5.74, 6) is -0.885. The van der Waals surface area contributed by atoms with Gasteiger partial charge in [-0.05, 0) is 116 Å². The van der Waals surface area contributed by atoms with Crippen molar-refractivity contribution in [1.29, 1.82) is 0 Å². The van der Waals surface area contributed by atoms with E-state index in [0.29, 0.717) is 38.9 Å². The normalized spacial score (nSPS) is 12.4. The molecular weight excluding hydrogens is 1310 g/mol. The maximum absolute atomic E-state index is 13.1. The monoisotopic (exact) mass is 1490 g/mol. The Labute approximate surface area is 659 Å². The van der Waals surface area contributed by atoms with Gasteiger partial charge in [-0.3, -0.25) is 19.2 Å². The molecule has 0 saturated carbocycles. The lowest BCUT2D eigenvalue weighted by molar-refractivity contribution is -0.163. The summed E-state index contributed by atoms with van der Waals surface area (Å²) < 4.78 is 35.3. The van der Waals surface area contributed by atoms with Crippen LogP contribution in [-0.4, -0.2) is 75.7 Å². The number of unbranched alkanes of at least 4 members (excludes halogenated alkanes) is 62. The van der Waals surface area contributed by atoms with Crippen LogP contribution in [-0.2, 0) is 47.6 Å². The third-order valence-electron chi connectivity index (χ3n) is 21.3. The predicted octanol–water partition coefficient (Wildman–Crippen LogP) is 30.5. The van der Waals surface area contributed by atoms with Crippen LogP contribution in [0.3, 0.4) is 0 Å². The van der Waals surface area contributed by atoms with Gasteiger partial charge < -0.3 is 28.4 Å². The highest BCUT2D eigenvalue weighted by Gasteiger charge is 2.20. The molecule has 0 aromatic carbocycles. The molecule has 0 saturated heterocycles. The number of esters is 4. The molecule has 0 rings (SSSR count). The average molecular weight is 1490 g/mol. The molecule has 0 radical (unpaired) electrons. The van der Waals surface area contributed by atoms with Gasteiger partial charge in [0.15, 0.2) is 12.2 Å². The predicted molar refractivity (Wildman–Crippen MR) is 455 cm³/mol. The van der Waals surface area contributed by atoms with Crippen molar-refractivity contribution >= 4 is 23.9 Å².